The summed E-state index contributed by atoms with van der Waals surface area (Å²) in [5.41, 5.74) is 3.10. The molecule has 3 aromatic heterocycles. The van der Waals surface area contributed by atoms with Crippen molar-refractivity contribution in [3.05, 3.63) is 45.9 Å². The molecule has 0 atom stereocenters. The second-order valence-corrected chi connectivity index (χ2v) is 10.1. The van der Waals surface area contributed by atoms with Crippen molar-refractivity contribution < 1.29 is 14.3 Å². The highest BCUT2D eigenvalue weighted by Gasteiger charge is 2.43. The number of piperidine rings is 1. The van der Waals surface area contributed by atoms with E-state index in [1.54, 1.807) is 35.4 Å². The van der Waals surface area contributed by atoms with Gasteiger partial charge in [-0.1, -0.05) is 0 Å². The molecule has 5 rings (SSSR count). The van der Waals surface area contributed by atoms with Crippen LogP contribution in [-0.4, -0.2) is 69.7 Å². The molecule has 0 N–H and O–H groups in total. The Morgan fingerprint density at radius 3 is 2.59 bits per heavy atom. The number of fused-ring (bicyclic) bond motifs is 1. The molecule has 3 aromatic rings. The van der Waals surface area contributed by atoms with Crippen molar-refractivity contribution in [2.24, 2.45) is 12.5 Å². The van der Waals surface area contributed by atoms with Gasteiger partial charge in [0.25, 0.3) is 5.91 Å². The molecule has 2 fully saturated rings. The van der Waals surface area contributed by atoms with Crippen molar-refractivity contribution in [1.29, 1.82) is 0 Å². The van der Waals surface area contributed by atoms with E-state index in [4.69, 9.17) is 4.74 Å². The Labute approximate surface area is 202 Å². The number of pyridine rings is 1. The number of thiophene rings is 1. The highest BCUT2D eigenvalue weighted by atomic mass is 32.1. The summed E-state index contributed by atoms with van der Waals surface area (Å²) in [7, 11) is 3.42. The third kappa shape index (κ3) is 3.98. The third-order valence-electron chi connectivity index (χ3n) is 7.24. The molecule has 2 amide bonds. The molecule has 0 unspecified atom stereocenters. The molecule has 2 aliphatic rings. The monoisotopic (exact) mass is 479 g/mol. The molecule has 9 heteroatoms. The van der Waals surface area contributed by atoms with E-state index in [9.17, 15) is 9.59 Å². The number of nitrogens with zero attached hydrogens (tertiary/aromatic N) is 5. The van der Waals surface area contributed by atoms with Crippen molar-refractivity contribution in [2.75, 3.05) is 33.3 Å². The van der Waals surface area contributed by atoms with Gasteiger partial charge in [0.1, 0.15) is 11.3 Å². The number of likely N-dealkylation sites (tertiary alicyclic amines) is 2. The molecule has 0 saturated carbocycles. The summed E-state index contributed by atoms with van der Waals surface area (Å²) in [6.07, 6.45) is 7.92. The van der Waals surface area contributed by atoms with E-state index in [0.717, 1.165) is 49.0 Å². The molecule has 34 heavy (non-hydrogen) atoms. The lowest BCUT2D eigenvalue weighted by Gasteiger charge is -2.39. The molecule has 5 heterocycles. The summed E-state index contributed by atoms with van der Waals surface area (Å²) in [6, 6.07) is 2.00. The van der Waals surface area contributed by atoms with E-state index in [0.29, 0.717) is 30.0 Å². The Bertz CT molecular complexity index is 1260. The van der Waals surface area contributed by atoms with Crippen LogP contribution in [0.1, 0.15) is 40.9 Å². The summed E-state index contributed by atoms with van der Waals surface area (Å²) in [6.45, 7) is 4.75. The van der Waals surface area contributed by atoms with Gasteiger partial charge < -0.3 is 14.5 Å². The largest absolute Gasteiger partial charge is 0.495 e. The first kappa shape index (κ1) is 22.6. The average molecular weight is 480 g/mol. The zero-order chi connectivity index (χ0) is 23.9. The van der Waals surface area contributed by atoms with Gasteiger partial charge >= 0.3 is 0 Å². The lowest BCUT2D eigenvalue weighted by molar-refractivity contribution is -0.128. The van der Waals surface area contributed by atoms with Crippen LogP contribution in [0.25, 0.3) is 17.1 Å². The van der Waals surface area contributed by atoms with Crippen molar-refractivity contribution in [3.63, 3.8) is 0 Å². The van der Waals surface area contributed by atoms with Crippen LogP contribution < -0.4 is 4.74 Å². The summed E-state index contributed by atoms with van der Waals surface area (Å²) in [4.78, 5) is 34.4. The van der Waals surface area contributed by atoms with Gasteiger partial charge in [0.15, 0.2) is 5.65 Å². The Kier molecular flexibility index (Phi) is 5.89. The molecule has 2 saturated heterocycles. The van der Waals surface area contributed by atoms with Crippen LogP contribution in [0.5, 0.6) is 5.75 Å². The van der Waals surface area contributed by atoms with Crippen LogP contribution in [0.15, 0.2) is 29.1 Å². The summed E-state index contributed by atoms with van der Waals surface area (Å²) < 4.78 is 7.38. The molecular weight excluding hydrogens is 450 g/mol. The quantitative estimate of drug-likeness (QED) is 0.535. The number of aromatic nitrogens is 3. The number of aryl methyl sites for hydroxylation is 2. The van der Waals surface area contributed by atoms with Gasteiger partial charge in [-0.25, -0.2) is 4.98 Å². The molecule has 178 valence electrons. The van der Waals surface area contributed by atoms with Crippen LogP contribution >= 0.6 is 11.3 Å². The Morgan fingerprint density at radius 2 is 1.91 bits per heavy atom. The topological polar surface area (TPSA) is 80.6 Å². The minimum Gasteiger partial charge on any atom is -0.495 e. The SMILES string of the molecule is COc1c(C(=O)N2CCC3(CCN(C(=O)C=Cc4ccsc4)CC3)C2)cnc2c1c(C)nn2C. The maximum Gasteiger partial charge on any atom is 0.259 e. The fourth-order valence-electron chi connectivity index (χ4n) is 5.27. The van der Waals surface area contributed by atoms with E-state index in [1.165, 1.54) is 0 Å². The molecule has 8 nitrogen and oxygen atoms in total. The van der Waals surface area contributed by atoms with Crippen molar-refractivity contribution in [1.82, 2.24) is 24.6 Å². The number of methoxy groups -OCH3 is 1. The number of ether oxygens (including phenoxy) is 1. The number of carbonyl (C=O) groups is 2. The average Bonchev–Trinajstić information content (AvgIpc) is 3.57. The molecule has 0 aromatic carbocycles. The fraction of sp³-hybridized carbons (Fsp3) is 0.440. The predicted molar refractivity (Wildman–Crippen MR) is 132 cm³/mol. The van der Waals surface area contributed by atoms with Gasteiger partial charge in [0.05, 0.1) is 18.2 Å². The van der Waals surface area contributed by atoms with E-state index in [2.05, 4.69) is 10.1 Å². The molecule has 0 aliphatic carbocycles. The number of hydrogen-bond acceptors (Lipinski definition) is 6. The Morgan fingerprint density at radius 1 is 1.18 bits per heavy atom. The van der Waals surface area contributed by atoms with Crippen LogP contribution in [0.3, 0.4) is 0 Å². The first-order chi connectivity index (χ1) is 16.4. The molecule has 0 bridgehead atoms. The zero-order valence-corrected chi connectivity index (χ0v) is 20.6. The molecule has 0 radical (unpaired) electrons. The number of carbonyl (C=O) groups excluding carboxylic acids is 2. The predicted octanol–water partition coefficient (Wildman–Crippen LogP) is 3.51. The smallest absolute Gasteiger partial charge is 0.259 e. The van der Waals surface area contributed by atoms with Crippen molar-refractivity contribution >= 4 is 40.3 Å². The maximum absolute atomic E-state index is 13.5. The molecule has 1 spiro atoms. The minimum atomic E-state index is -0.0522. The summed E-state index contributed by atoms with van der Waals surface area (Å²) >= 11 is 1.62. The van der Waals surface area contributed by atoms with E-state index >= 15 is 0 Å². The van der Waals surface area contributed by atoms with E-state index < -0.39 is 0 Å². The minimum absolute atomic E-state index is 0.0522. The zero-order valence-electron chi connectivity index (χ0n) is 19.8. The van der Waals surface area contributed by atoms with Crippen LogP contribution in [-0.2, 0) is 11.8 Å². The van der Waals surface area contributed by atoms with Gasteiger partial charge in [0.2, 0.25) is 5.91 Å². The fourth-order valence-corrected chi connectivity index (χ4v) is 5.90. The van der Waals surface area contributed by atoms with Crippen molar-refractivity contribution in [2.45, 2.75) is 26.2 Å². The number of rotatable bonds is 4. The van der Waals surface area contributed by atoms with Crippen LogP contribution in [0.2, 0.25) is 0 Å². The number of hydrogen-bond donors (Lipinski definition) is 0. The van der Waals surface area contributed by atoms with Gasteiger partial charge in [-0.05, 0) is 60.1 Å². The second-order valence-electron chi connectivity index (χ2n) is 9.30. The van der Waals surface area contributed by atoms with Gasteiger partial charge in [0, 0.05) is 45.5 Å². The summed E-state index contributed by atoms with van der Waals surface area (Å²) in [5, 5.41) is 9.24. The number of amides is 2. The van der Waals surface area contributed by atoms with E-state index in [1.807, 2.05) is 46.7 Å². The van der Waals surface area contributed by atoms with E-state index in [-0.39, 0.29) is 17.2 Å². The Hall–Kier alpha value is -3.20. The van der Waals surface area contributed by atoms with Crippen LogP contribution in [0, 0.1) is 12.3 Å². The standard InChI is InChI=1S/C25H29N5O3S/c1-17-21-22(33-3)19(14-26-23(21)28(2)27-17)24(32)30-12-9-25(16-30)7-10-29(11-8-25)20(31)5-4-18-6-13-34-15-18/h4-6,13-15H,7-12,16H2,1-3H3. The highest BCUT2D eigenvalue weighted by molar-refractivity contribution is 7.08. The molecular formula is C25H29N5O3S. The lowest BCUT2D eigenvalue weighted by Crippen LogP contribution is -2.44. The summed E-state index contributed by atoms with van der Waals surface area (Å²) in [5.74, 6) is 0.547. The van der Waals surface area contributed by atoms with Gasteiger partial charge in [-0.15, -0.1) is 0 Å². The molecule has 2 aliphatic heterocycles. The van der Waals surface area contributed by atoms with Crippen LogP contribution in [0.4, 0.5) is 0 Å². The first-order valence-corrected chi connectivity index (χ1v) is 12.5. The second kappa shape index (κ2) is 8.87. The van der Waals surface area contributed by atoms with Gasteiger partial charge in [-0.3, -0.25) is 14.3 Å². The third-order valence-corrected chi connectivity index (χ3v) is 7.94. The Balaban J connectivity index is 1.26. The highest BCUT2D eigenvalue weighted by Crippen LogP contribution is 2.41. The maximum atomic E-state index is 13.5. The van der Waals surface area contributed by atoms with Crippen molar-refractivity contribution in [3.8, 4) is 5.75 Å². The first-order valence-electron chi connectivity index (χ1n) is 11.6. The lowest BCUT2D eigenvalue weighted by atomic mass is 9.78. The normalized spacial score (nSPS) is 17.9. The van der Waals surface area contributed by atoms with Gasteiger partial charge in [-0.2, -0.15) is 16.4 Å².